The summed E-state index contributed by atoms with van der Waals surface area (Å²) < 4.78 is 26.8. The maximum Gasteiger partial charge on any atom is 0.263 e. The first-order valence-electron chi connectivity index (χ1n) is 6.70. The van der Waals surface area contributed by atoms with Gasteiger partial charge in [0.1, 0.15) is 10.7 Å². The van der Waals surface area contributed by atoms with E-state index in [2.05, 4.69) is 19.6 Å². The van der Waals surface area contributed by atoms with E-state index in [0.29, 0.717) is 5.69 Å². The van der Waals surface area contributed by atoms with Gasteiger partial charge in [-0.05, 0) is 38.1 Å². The maximum atomic E-state index is 12.1. The van der Waals surface area contributed by atoms with Crippen LogP contribution in [0.2, 0.25) is 0 Å². The van der Waals surface area contributed by atoms with Gasteiger partial charge in [0.2, 0.25) is 0 Å². The highest BCUT2D eigenvalue weighted by molar-refractivity contribution is 7.92. The SMILES string of the molecule is CCN(CC)c1ccc(NS(=O)(=O)c2cccnc2)cn1. The van der Waals surface area contributed by atoms with Crippen LogP contribution in [0.25, 0.3) is 0 Å². The lowest BCUT2D eigenvalue weighted by atomic mass is 10.4. The number of nitrogens with zero attached hydrogens (tertiary/aromatic N) is 3. The van der Waals surface area contributed by atoms with Gasteiger partial charge in [0.25, 0.3) is 10.0 Å². The number of pyridine rings is 2. The Hall–Kier alpha value is -2.15. The molecule has 2 aromatic heterocycles. The Balaban J connectivity index is 2.17. The van der Waals surface area contributed by atoms with Crippen molar-refractivity contribution in [3.8, 4) is 0 Å². The second-order valence-electron chi connectivity index (χ2n) is 4.37. The molecule has 21 heavy (non-hydrogen) atoms. The first-order valence-corrected chi connectivity index (χ1v) is 8.19. The first kappa shape index (κ1) is 15.2. The molecule has 0 saturated carbocycles. The monoisotopic (exact) mass is 306 g/mol. The van der Waals surface area contributed by atoms with Gasteiger partial charge in [-0.3, -0.25) is 9.71 Å². The summed E-state index contributed by atoms with van der Waals surface area (Å²) in [7, 11) is -3.62. The van der Waals surface area contributed by atoms with Crippen LogP contribution in [0, 0.1) is 0 Å². The normalized spacial score (nSPS) is 11.1. The zero-order valence-corrected chi connectivity index (χ0v) is 12.8. The molecule has 0 unspecified atom stereocenters. The second-order valence-corrected chi connectivity index (χ2v) is 6.05. The molecule has 0 radical (unpaired) electrons. The third kappa shape index (κ3) is 3.69. The predicted octanol–water partition coefficient (Wildman–Crippen LogP) is 2.12. The van der Waals surface area contributed by atoms with E-state index in [1.54, 1.807) is 18.2 Å². The van der Waals surface area contributed by atoms with Gasteiger partial charge in [-0.1, -0.05) is 0 Å². The number of nitrogens with one attached hydrogen (secondary N) is 1. The summed E-state index contributed by atoms with van der Waals surface area (Å²) >= 11 is 0. The van der Waals surface area contributed by atoms with Crippen molar-refractivity contribution < 1.29 is 8.42 Å². The van der Waals surface area contributed by atoms with E-state index < -0.39 is 10.0 Å². The van der Waals surface area contributed by atoms with Gasteiger partial charge in [0, 0.05) is 25.5 Å². The van der Waals surface area contributed by atoms with Gasteiger partial charge in [-0.15, -0.1) is 0 Å². The van der Waals surface area contributed by atoms with Crippen LogP contribution >= 0.6 is 0 Å². The highest BCUT2D eigenvalue weighted by atomic mass is 32.2. The number of rotatable bonds is 6. The number of hydrogen-bond donors (Lipinski definition) is 1. The molecule has 2 heterocycles. The summed E-state index contributed by atoms with van der Waals surface area (Å²) in [6, 6.07) is 6.58. The maximum absolute atomic E-state index is 12.1. The van der Waals surface area contributed by atoms with Crippen LogP contribution in [-0.2, 0) is 10.0 Å². The molecule has 6 nitrogen and oxygen atoms in total. The fourth-order valence-corrected chi connectivity index (χ4v) is 2.91. The van der Waals surface area contributed by atoms with E-state index in [0.717, 1.165) is 18.9 Å². The summed E-state index contributed by atoms with van der Waals surface area (Å²) in [5.41, 5.74) is 0.426. The molecule has 0 bridgehead atoms. The van der Waals surface area contributed by atoms with E-state index in [1.165, 1.54) is 24.7 Å². The first-order chi connectivity index (χ1) is 10.1. The average molecular weight is 306 g/mol. The van der Waals surface area contributed by atoms with E-state index >= 15 is 0 Å². The molecule has 0 aliphatic carbocycles. The molecule has 2 aromatic rings. The van der Waals surface area contributed by atoms with Crippen molar-refractivity contribution >= 4 is 21.5 Å². The molecular formula is C14H18N4O2S. The molecule has 0 saturated heterocycles. The van der Waals surface area contributed by atoms with Crippen molar-refractivity contribution in [3.63, 3.8) is 0 Å². The topological polar surface area (TPSA) is 75.2 Å². The fourth-order valence-electron chi connectivity index (χ4n) is 1.90. The van der Waals surface area contributed by atoms with Gasteiger partial charge in [0.05, 0.1) is 11.9 Å². The highest BCUT2D eigenvalue weighted by Gasteiger charge is 2.14. The predicted molar refractivity (Wildman–Crippen MR) is 82.8 cm³/mol. The molecule has 0 aliphatic rings. The van der Waals surface area contributed by atoms with Crippen LogP contribution in [0.15, 0.2) is 47.8 Å². The van der Waals surface area contributed by atoms with E-state index in [9.17, 15) is 8.42 Å². The van der Waals surface area contributed by atoms with Crippen LogP contribution in [0.3, 0.4) is 0 Å². The van der Waals surface area contributed by atoms with Crippen molar-refractivity contribution in [1.29, 1.82) is 0 Å². The highest BCUT2D eigenvalue weighted by Crippen LogP contribution is 2.17. The summed E-state index contributed by atoms with van der Waals surface area (Å²) in [6.07, 6.45) is 4.35. The van der Waals surface area contributed by atoms with Crippen LogP contribution in [0.1, 0.15) is 13.8 Å². The van der Waals surface area contributed by atoms with Crippen LogP contribution in [0.5, 0.6) is 0 Å². The quantitative estimate of drug-likeness (QED) is 0.885. The minimum atomic E-state index is -3.62. The molecule has 0 spiro atoms. The number of sulfonamides is 1. The zero-order valence-electron chi connectivity index (χ0n) is 12.0. The fraction of sp³-hybridized carbons (Fsp3) is 0.286. The van der Waals surface area contributed by atoms with Gasteiger partial charge in [-0.2, -0.15) is 0 Å². The summed E-state index contributed by atoms with van der Waals surface area (Å²) in [5.74, 6) is 0.823. The Morgan fingerprint density at radius 3 is 2.43 bits per heavy atom. The third-order valence-corrected chi connectivity index (χ3v) is 4.40. The molecule has 0 aliphatic heterocycles. The summed E-state index contributed by atoms with van der Waals surface area (Å²) in [4.78, 5) is 10.3. The standard InChI is InChI=1S/C14H18N4O2S/c1-3-18(4-2)14-8-7-12(10-16-14)17-21(19,20)13-6-5-9-15-11-13/h5-11,17H,3-4H2,1-2H3. The van der Waals surface area contributed by atoms with Crippen molar-refractivity contribution in [2.24, 2.45) is 0 Å². The van der Waals surface area contributed by atoms with Crippen molar-refractivity contribution in [3.05, 3.63) is 42.9 Å². The lowest BCUT2D eigenvalue weighted by Gasteiger charge is -2.19. The Bertz CT molecular complexity index is 668. The largest absolute Gasteiger partial charge is 0.357 e. The minimum absolute atomic E-state index is 0.123. The van der Waals surface area contributed by atoms with Crippen molar-refractivity contribution in [2.45, 2.75) is 18.7 Å². The van der Waals surface area contributed by atoms with E-state index in [1.807, 2.05) is 13.8 Å². The van der Waals surface area contributed by atoms with Crippen LogP contribution < -0.4 is 9.62 Å². The van der Waals surface area contributed by atoms with E-state index in [4.69, 9.17) is 0 Å². The number of anilines is 2. The molecule has 0 atom stereocenters. The molecule has 0 fully saturated rings. The van der Waals surface area contributed by atoms with Gasteiger partial charge in [0.15, 0.2) is 0 Å². The smallest absolute Gasteiger partial charge is 0.263 e. The molecule has 112 valence electrons. The van der Waals surface area contributed by atoms with Crippen LogP contribution in [-0.4, -0.2) is 31.5 Å². The third-order valence-electron chi connectivity index (χ3n) is 3.03. The van der Waals surface area contributed by atoms with Gasteiger partial charge in [-0.25, -0.2) is 13.4 Å². The molecule has 0 amide bonds. The lowest BCUT2D eigenvalue weighted by Crippen LogP contribution is -2.22. The molecule has 7 heteroatoms. The Kier molecular flexibility index (Phi) is 4.74. The minimum Gasteiger partial charge on any atom is -0.357 e. The van der Waals surface area contributed by atoms with Gasteiger partial charge < -0.3 is 4.90 Å². The van der Waals surface area contributed by atoms with Crippen LogP contribution in [0.4, 0.5) is 11.5 Å². The van der Waals surface area contributed by atoms with Crippen molar-refractivity contribution in [1.82, 2.24) is 9.97 Å². The lowest BCUT2D eigenvalue weighted by molar-refractivity contribution is 0.601. The number of hydrogen-bond acceptors (Lipinski definition) is 5. The number of aromatic nitrogens is 2. The molecule has 2 rings (SSSR count). The Labute approximate surface area is 124 Å². The summed E-state index contributed by atoms with van der Waals surface area (Å²) in [6.45, 7) is 5.79. The van der Waals surface area contributed by atoms with Crippen molar-refractivity contribution in [2.75, 3.05) is 22.7 Å². The molecule has 1 N–H and O–H groups in total. The van der Waals surface area contributed by atoms with Gasteiger partial charge >= 0.3 is 0 Å². The zero-order chi connectivity index (χ0) is 15.3. The average Bonchev–Trinajstić information content (AvgIpc) is 2.51. The molecular weight excluding hydrogens is 288 g/mol. The summed E-state index contributed by atoms with van der Waals surface area (Å²) in [5, 5.41) is 0. The molecule has 0 aromatic carbocycles. The second kappa shape index (κ2) is 6.53. The Morgan fingerprint density at radius 1 is 1.14 bits per heavy atom. The van der Waals surface area contributed by atoms with E-state index in [-0.39, 0.29) is 4.90 Å². The Morgan fingerprint density at radius 2 is 1.90 bits per heavy atom.